The highest BCUT2D eigenvalue weighted by Gasteiger charge is 2.31. The maximum absolute atomic E-state index is 11.9. The first-order chi connectivity index (χ1) is 26.9. The zero-order chi connectivity index (χ0) is 41.9. The van der Waals surface area contributed by atoms with Crippen molar-refractivity contribution in [1.29, 1.82) is 0 Å². The quantitative estimate of drug-likeness (QED) is 0.0332. The molecule has 14 nitrogen and oxygen atoms in total. The summed E-state index contributed by atoms with van der Waals surface area (Å²) in [4.78, 5) is 66.9. The molecule has 2 aliphatic rings. The summed E-state index contributed by atoms with van der Waals surface area (Å²) >= 11 is 4.82. The van der Waals surface area contributed by atoms with Crippen LogP contribution in [0, 0.1) is 0 Å². The number of hydrogen-bond acceptors (Lipinski definition) is 11. The first-order valence-corrected chi connectivity index (χ1v) is 18.2. The number of benzene rings is 4. The van der Waals surface area contributed by atoms with E-state index in [1.54, 1.807) is 41.5 Å². The molecule has 4 aromatic rings. The molecule has 0 bridgehead atoms. The molecule has 0 aromatic heterocycles. The lowest BCUT2D eigenvalue weighted by Crippen LogP contribution is -2.47. The van der Waals surface area contributed by atoms with Crippen LogP contribution in [-0.2, 0) is 38.1 Å². The lowest BCUT2D eigenvalue weighted by molar-refractivity contribution is -0.163. The van der Waals surface area contributed by atoms with Crippen molar-refractivity contribution in [2.24, 2.45) is 5.84 Å². The third-order valence-electron chi connectivity index (χ3n) is 8.23. The SMILES string of the molecule is CC(C)(C)OC(=O)C(=O)Cl.CC(C)(C)OC(=O)C(=O)NNC(=O)OCC1c2ccccc2-c2ccccc21.NNC(=O)OCC1c2ccccc2-c2ccccc21. The summed E-state index contributed by atoms with van der Waals surface area (Å²) in [6, 6.07) is 32.3. The van der Waals surface area contributed by atoms with Gasteiger partial charge in [0.05, 0.1) is 0 Å². The van der Waals surface area contributed by atoms with Crippen molar-refractivity contribution in [1.82, 2.24) is 16.3 Å². The fourth-order valence-corrected chi connectivity index (χ4v) is 6.11. The van der Waals surface area contributed by atoms with Crippen LogP contribution in [0.1, 0.15) is 75.6 Å². The lowest BCUT2D eigenvalue weighted by Gasteiger charge is -2.19. The van der Waals surface area contributed by atoms with E-state index in [1.165, 1.54) is 22.3 Å². The number of nitrogens with one attached hydrogen (secondary N) is 3. The summed E-state index contributed by atoms with van der Waals surface area (Å²) in [6.45, 7) is 10.3. The maximum Gasteiger partial charge on any atom is 0.426 e. The average molecular weight is 801 g/mol. The molecule has 0 aliphatic heterocycles. The summed E-state index contributed by atoms with van der Waals surface area (Å²) in [5.74, 6) is 1.82. The number of amides is 3. The Morgan fingerprint density at radius 2 is 0.877 bits per heavy atom. The molecule has 0 saturated heterocycles. The number of esters is 2. The third-order valence-corrected chi connectivity index (χ3v) is 8.38. The molecule has 300 valence electrons. The van der Waals surface area contributed by atoms with Crippen LogP contribution in [-0.4, -0.2) is 59.7 Å². The van der Waals surface area contributed by atoms with Crippen molar-refractivity contribution in [3.63, 3.8) is 0 Å². The summed E-state index contributed by atoms with van der Waals surface area (Å²) in [5, 5.41) is -1.09. The van der Waals surface area contributed by atoms with Crippen LogP contribution in [0.15, 0.2) is 97.1 Å². The molecule has 5 N–H and O–H groups in total. The zero-order valence-corrected chi connectivity index (χ0v) is 33.1. The predicted molar refractivity (Wildman–Crippen MR) is 211 cm³/mol. The Balaban J connectivity index is 0.000000213. The van der Waals surface area contributed by atoms with Crippen LogP contribution < -0.4 is 22.1 Å². The van der Waals surface area contributed by atoms with Crippen LogP contribution in [0.25, 0.3) is 22.3 Å². The van der Waals surface area contributed by atoms with Crippen LogP contribution in [0.3, 0.4) is 0 Å². The van der Waals surface area contributed by atoms with Crippen molar-refractivity contribution in [2.75, 3.05) is 13.2 Å². The van der Waals surface area contributed by atoms with Crippen LogP contribution in [0.2, 0.25) is 0 Å². The second-order valence-electron chi connectivity index (χ2n) is 14.7. The van der Waals surface area contributed by atoms with Gasteiger partial charge in [0, 0.05) is 11.8 Å². The molecule has 0 unspecified atom stereocenters. The molecule has 0 atom stereocenters. The van der Waals surface area contributed by atoms with E-state index in [1.807, 2.05) is 83.6 Å². The van der Waals surface area contributed by atoms with Crippen molar-refractivity contribution >= 4 is 46.9 Å². The molecule has 2 aliphatic carbocycles. The van der Waals surface area contributed by atoms with Crippen molar-refractivity contribution in [2.45, 2.75) is 64.6 Å². The minimum Gasteiger partial charge on any atom is -0.453 e. The Labute approximate surface area is 335 Å². The molecular weight excluding hydrogens is 756 g/mol. The molecule has 6 rings (SSSR count). The van der Waals surface area contributed by atoms with Crippen LogP contribution >= 0.6 is 11.6 Å². The Kier molecular flexibility index (Phi) is 14.5. The van der Waals surface area contributed by atoms with Crippen molar-refractivity contribution in [3.05, 3.63) is 119 Å². The van der Waals surface area contributed by atoms with Gasteiger partial charge in [0.15, 0.2) is 0 Å². The van der Waals surface area contributed by atoms with Gasteiger partial charge in [-0.1, -0.05) is 97.1 Å². The Bertz CT molecular complexity index is 2030. The molecular formula is C42H45ClN4O10. The van der Waals surface area contributed by atoms with E-state index in [2.05, 4.69) is 34.4 Å². The lowest BCUT2D eigenvalue weighted by atomic mass is 9.98. The number of carbonyl (C=O) groups is 6. The first kappa shape index (κ1) is 43.5. The van der Waals surface area contributed by atoms with Crippen LogP contribution in [0.4, 0.5) is 9.59 Å². The summed E-state index contributed by atoms with van der Waals surface area (Å²) < 4.78 is 19.9. The normalized spacial score (nSPS) is 12.3. The van der Waals surface area contributed by atoms with Gasteiger partial charge < -0.3 is 18.9 Å². The fourth-order valence-electron chi connectivity index (χ4n) is 6.08. The number of hydrazine groups is 2. The highest BCUT2D eigenvalue weighted by atomic mass is 35.5. The first-order valence-electron chi connectivity index (χ1n) is 17.8. The molecule has 0 heterocycles. The maximum atomic E-state index is 11.9. The smallest absolute Gasteiger partial charge is 0.426 e. The van der Waals surface area contributed by atoms with E-state index in [9.17, 15) is 28.8 Å². The van der Waals surface area contributed by atoms with E-state index in [0.717, 1.165) is 22.3 Å². The van der Waals surface area contributed by atoms with Gasteiger partial charge in [-0.05, 0) is 97.7 Å². The molecule has 3 amide bonds. The van der Waals surface area contributed by atoms with E-state index in [4.69, 9.17) is 31.7 Å². The van der Waals surface area contributed by atoms with E-state index in [-0.39, 0.29) is 25.0 Å². The van der Waals surface area contributed by atoms with Gasteiger partial charge in [-0.3, -0.25) is 20.4 Å². The summed E-state index contributed by atoms with van der Waals surface area (Å²) in [6.07, 6.45) is -1.47. The van der Waals surface area contributed by atoms with E-state index in [0.29, 0.717) is 0 Å². The number of fused-ring (bicyclic) bond motifs is 6. The topological polar surface area (TPSA) is 201 Å². The highest BCUT2D eigenvalue weighted by Crippen LogP contribution is 2.45. The standard InChI is InChI=1S/C21H22N2O5.C15H14N2O2.C6H9ClO3/c1-21(2,3)28-19(25)18(24)22-23-20(26)27-12-17-15-10-6-4-8-13(15)14-9-5-7-11-16(14)17;16-17-15(18)19-9-14-12-7-3-1-5-10(12)11-6-2-4-8-13(11)14;1-6(2,3)10-5(9)4(7)8/h4-11,17H,12H2,1-3H3,(H,22,24)(H,23,26);1-8,14H,9,16H2,(H,17,18);1-3H3. The summed E-state index contributed by atoms with van der Waals surface area (Å²) in [5.41, 5.74) is 13.7. The monoisotopic (exact) mass is 800 g/mol. The van der Waals surface area contributed by atoms with E-state index >= 15 is 0 Å². The molecule has 0 fully saturated rings. The Morgan fingerprint density at radius 3 is 1.19 bits per heavy atom. The zero-order valence-electron chi connectivity index (χ0n) is 32.3. The Morgan fingerprint density at radius 1 is 0.544 bits per heavy atom. The highest BCUT2D eigenvalue weighted by molar-refractivity contribution is 6.80. The van der Waals surface area contributed by atoms with Gasteiger partial charge in [-0.15, -0.1) is 0 Å². The molecule has 15 heteroatoms. The predicted octanol–water partition coefficient (Wildman–Crippen LogP) is 6.39. The van der Waals surface area contributed by atoms with Gasteiger partial charge >= 0.3 is 35.3 Å². The molecule has 0 radical (unpaired) electrons. The average Bonchev–Trinajstić information content (AvgIpc) is 3.66. The van der Waals surface area contributed by atoms with Gasteiger partial charge in [0.1, 0.15) is 24.4 Å². The minimum atomic E-state index is -1.09. The van der Waals surface area contributed by atoms with Crippen molar-refractivity contribution in [3.8, 4) is 22.3 Å². The number of rotatable bonds is 5. The molecule has 4 aromatic carbocycles. The number of carbonyl (C=O) groups excluding carboxylic acids is 6. The van der Waals surface area contributed by atoms with Gasteiger partial charge in [0.25, 0.3) is 0 Å². The third kappa shape index (κ3) is 12.1. The summed E-state index contributed by atoms with van der Waals surface area (Å²) in [7, 11) is 0. The van der Waals surface area contributed by atoms with Crippen LogP contribution in [0.5, 0.6) is 0 Å². The second kappa shape index (κ2) is 19.1. The van der Waals surface area contributed by atoms with E-state index < -0.39 is 46.5 Å². The molecule has 57 heavy (non-hydrogen) atoms. The number of ether oxygens (including phenoxy) is 4. The minimum absolute atomic E-state index is 0.0738. The second-order valence-corrected chi connectivity index (χ2v) is 15.0. The van der Waals surface area contributed by atoms with Gasteiger partial charge in [-0.25, -0.2) is 30.4 Å². The van der Waals surface area contributed by atoms with Crippen molar-refractivity contribution < 1.29 is 47.7 Å². The van der Waals surface area contributed by atoms with Gasteiger partial charge in [-0.2, -0.15) is 0 Å². The largest absolute Gasteiger partial charge is 0.453 e. The molecule has 0 saturated carbocycles. The number of halogens is 1. The number of hydrogen-bond donors (Lipinski definition) is 4. The Hall–Kier alpha value is -6.25. The molecule has 0 spiro atoms. The van der Waals surface area contributed by atoms with Gasteiger partial charge in [0.2, 0.25) is 0 Å². The number of nitrogens with two attached hydrogens (primary N) is 1. The fraction of sp³-hybridized carbons (Fsp3) is 0.286.